The van der Waals surface area contributed by atoms with E-state index in [9.17, 15) is 23.3 Å². The molecule has 0 bridgehead atoms. The fourth-order valence-corrected chi connectivity index (χ4v) is 3.39. The Hall–Kier alpha value is -2.49. The van der Waals surface area contributed by atoms with Crippen LogP contribution in [0, 0.1) is 10.1 Å². The number of non-ortho nitro benzene ring substituents is 1. The van der Waals surface area contributed by atoms with Crippen molar-refractivity contribution in [3.8, 4) is 0 Å². The zero-order chi connectivity index (χ0) is 18.4. The molecule has 0 aromatic heterocycles. The van der Waals surface area contributed by atoms with E-state index >= 15 is 0 Å². The summed E-state index contributed by atoms with van der Waals surface area (Å²) in [6.07, 6.45) is 5.77. The van der Waals surface area contributed by atoms with Gasteiger partial charge in [-0.3, -0.25) is 19.2 Å². The maximum absolute atomic E-state index is 12.1. The Bertz CT molecular complexity index is 783. The van der Waals surface area contributed by atoms with Gasteiger partial charge in [0.15, 0.2) is 0 Å². The number of hydrazone groups is 1. The van der Waals surface area contributed by atoms with Crippen LogP contribution in [0.2, 0.25) is 0 Å². The predicted molar refractivity (Wildman–Crippen MR) is 93.9 cm³/mol. The van der Waals surface area contributed by atoms with E-state index in [4.69, 9.17) is 0 Å². The smallest absolute Gasteiger partial charge is 0.271 e. The highest BCUT2D eigenvalue weighted by Crippen LogP contribution is 2.23. The lowest BCUT2D eigenvalue weighted by atomic mass is 9.99. The summed E-state index contributed by atoms with van der Waals surface area (Å²) in [4.78, 5) is 22.3. The van der Waals surface area contributed by atoms with E-state index < -0.39 is 27.4 Å². The van der Waals surface area contributed by atoms with Crippen LogP contribution in [0.15, 0.2) is 29.4 Å². The number of carbonyl (C=O) groups is 1. The number of nitrogens with one attached hydrogen (secondary N) is 1. The lowest BCUT2D eigenvalue weighted by Gasteiger charge is -2.21. The number of benzene rings is 1. The first kappa shape index (κ1) is 18.8. The number of rotatable bonds is 6. The molecule has 1 aromatic carbocycles. The minimum atomic E-state index is -3.80. The van der Waals surface area contributed by atoms with E-state index in [0.717, 1.165) is 54.4 Å². The monoisotopic (exact) mass is 368 g/mol. The molecule has 1 aromatic rings. The molecule has 136 valence electrons. The maximum Gasteiger partial charge on any atom is 0.271 e. The summed E-state index contributed by atoms with van der Waals surface area (Å²) in [5.74, 6) is -0.602. The average molecular weight is 368 g/mol. The maximum atomic E-state index is 12.1. The molecule has 1 aliphatic rings. The van der Waals surface area contributed by atoms with Gasteiger partial charge >= 0.3 is 0 Å². The van der Waals surface area contributed by atoms with Crippen molar-refractivity contribution in [1.29, 1.82) is 0 Å². The third kappa shape index (κ3) is 5.52. The largest absolute Gasteiger partial charge is 0.271 e. The Balaban J connectivity index is 2.14. The van der Waals surface area contributed by atoms with Crippen LogP contribution in [-0.2, 0) is 14.8 Å². The van der Waals surface area contributed by atoms with Gasteiger partial charge in [-0.25, -0.2) is 13.8 Å². The van der Waals surface area contributed by atoms with Gasteiger partial charge in [0.25, 0.3) is 11.6 Å². The number of hydrogen-bond donors (Lipinski definition) is 1. The molecule has 0 unspecified atom stereocenters. The molecule has 10 heteroatoms. The summed E-state index contributed by atoms with van der Waals surface area (Å²) >= 11 is 0. The molecule has 1 saturated carbocycles. The third-order valence-electron chi connectivity index (χ3n) is 3.79. The van der Waals surface area contributed by atoms with Gasteiger partial charge < -0.3 is 0 Å². The highest BCUT2D eigenvalue weighted by atomic mass is 32.2. The van der Waals surface area contributed by atoms with Crippen molar-refractivity contribution in [3.63, 3.8) is 0 Å². The van der Waals surface area contributed by atoms with E-state index in [1.165, 1.54) is 18.2 Å². The first-order valence-electron chi connectivity index (χ1n) is 7.84. The van der Waals surface area contributed by atoms with Crippen LogP contribution in [0.1, 0.15) is 32.1 Å². The number of amides is 1. The number of anilines is 1. The lowest BCUT2D eigenvalue weighted by molar-refractivity contribution is -0.384. The van der Waals surface area contributed by atoms with Crippen LogP contribution in [0.25, 0.3) is 0 Å². The molecule has 25 heavy (non-hydrogen) atoms. The molecule has 0 aliphatic heterocycles. The Kier molecular flexibility index (Phi) is 6.07. The minimum absolute atomic E-state index is 0.0529. The topological polar surface area (TPSA) is 122 Å². The SMILES string of the molecule is CS(=O)(=O)N(CC(=O)NN=C1CCCCC1)c1cccc([N+](=O)[O-])c1. The number of nitro benzene ring substituents is 1. The number of nitro groups is 1. The molecule has 1 N–H and O–H groups in total. The van der Waals surface area contributed by atoms with Crippen LogP contribution in [-0.4, -0.2) is 37.8 Å². The molecule has 0 spiro atoms. The van der Waals surface area contributed by atoms with Crippen LogP contribution >= 0.6 is 0 Å². The fourth-order valence-electron chi connectivity index (χ4n) is 2.54. The first-order chi connectivity index (χ1) is 11.8. The summed E-state index contributed by atoms with van der Waals surface area (Å²) in [6, 6.07) is 5.13. The van der Waals surface area contributed by atoms with Gasteiger partial charge in [0.2, 0.25) is 10.0 Å². The van der Waals surface area contributed by atoms with E-state index in [2.05, 4.69) is 10.5 Å². The quantitative estimate of drug-likeness (QED) is 0.606. The summed E-state index contributed by atoms with van der Waals surface area (Å²) in [5.41, 5.74) is 3.06. The van der Waals surface area contributed by atoms with Crippen molar-refractivity contribution >= 4 is 33.0 Å². The van der Waals surface area contributed by atoms with Crippen LogP contribution in [0.5, 0.6) is 0 Å². The van der Waals surface area contributed by atoms with Gasteiger partial charge in [-0.15, -0.1) is 0 Å². The molecule has 0 heterocycles. The summed E-state index contributed by atoms with van der Waals surface area (Å²) in [7, 11) is -3.80. The molecule has 1 amide bonds. The standard InChI is InChI=1S/C15H20N4O5S/c1-25(23,24)18(13-8-5-9-14(10-13)19(21)22)11-15(20)17-16-12-6-3-2-4-7-12/h5,8-10H,2-4,6-7,11H2,1H3,(H,17,20). The molecule has 0 saturated heterocycles. The predicted octanol–water partition coefficient (Wildman–Crippen LogP) is 1.80. The number of hydrogen-bond acceptors (Lipinski definition) is 6. The molecular weight excluding hydrogens is 348 g/mol. The van der Waals surface area contributed by atoms with Crippen LogP contribution in [0.4, 0.5) is 11.4 Å². The van der Waals surface area contributed by atoms with Crippen molar-refractivity contribution in [2.24, 2.45) is 5.10 Å². The normalized spacial score (nSPS) is 14.7. The lowest BCUT2D eigenvalue weighted by Crippen LogP contribution is -2.39. The van der Waals surface area contributed by atoms with E-state index in [-0.39, 0.29) is 11.4 Å². The zero-order valence-electron chi connectivity index (χ0n) is 13.8. The highest BCUT2D eigenvalue weighted by Gasteiger charge is 2.22. The Morgan fingerprint density at radius 2 is 2.00 bits per heavy atom. The Morgan fingerprint density at radius 1 is 1.32 bits per heavy atom. The van der Waals surface area contributed by atoms with E-state index in [0.29, 0.717) is 0 Å². The Labute approximate surface area is 145 Å². The molecule has 2 rings (SSSR count). The van der Waals surface area contributed by atoms with Crippen LogP contribution in [0.3, 0.4) is 0 Å². The van der Waals surface area contributed by atoms with Gasteiger partial charge in [-0.1, -0.05) is 12.5 Å². The summed E-state index contributed by atoms with van der Waals surface area (Å²) in [6.45, 7) is -0.503. The van der Waals surface area contributed by atoms with Gasteiger partial charge in [-0.2, -0.15) is 5.10 Å². The molecule has 0 atom stereocenters. The van der Waals surface area contributed by atoms with Crippen molar-refractivity contribution in [1.82, 2.24) is 5.43 Å². The van der Waals surface area contributed by atoms with E-state index in [1.54, 1.807) is 0 Å². The van der Waals surface area contributed by atoms with Crippen molar-refractivity contribution in [3.05, 3.63) is 34.4 Å². The van der Waals surface area contributed by atoms with Crippen LogP contribution < -0.4 is 9.73 Å². The average Bonchev–Trinajstić information content (AvgIpc) is 2.58. The van der Waals surface area contributed by atoms with Gasteiger partial charge in [0.05, 0.1) is 16.9 Å². The van der Waals surface area contributed by atoms with Gasteiger partial charge in [-0.05, 0) is 31.7 Å². The second-order valence-corrected chi connectivity index (χ2v) is 7.73. The number of carbonyl (C=O) groups excluding carboxylic acids is 1. The molecule has 9 nitrogen and oxygen atoms in total. The fraction of sp³-hybridized carbons (Fsp3) is 0.467. The second kappa shape index (κ2) is 8.06. The van der Waals surface area contributed by atoms with Crippen molar-refractivity contribution in [2.75, 3.05) is 17.1 Å². The second-order valence-electron chi connectivity index (χ2n) is 5.82. The molecule has 0 radical (unpaired) electrons. The molecule has 1 fully saturated rings. The molecular formula is C15H20N4O5S. The van der Waals surface area contributed by atoms with Gasteiger partial charge in [0.1, 0.15) is 6.54 Å². The van der Waals surface area contributed by atoms with E-state index in [1.807, 2.05) is 0 Å². The zero-order valence-corrected chi connectivity index (χ0v) is 14.7. The first-order valence-corrected chi connectivity index (χ1v) is 9.68. The number of sulfonamides is 1. The summed E-state index contributed by atoms with van der Waals surface area (Å²) in [5, 5.41) is 14.9. The van der Waals surface area contributed by atoms with Crippen molar-refractivity contribution < 1.29 is 18.1 Å². The Morgan fingerprint density at radius 3 is 2.60 bits per heavy atom. The highest BCUT2D eigenvalue weighted by molar-refractivity contribution is 7.92. The number of nitrogens with zero attached hydrogens (tertiary/aromatic N) is 3. The minimum Gasteiger partial charge on any atom is -0.271 e. The van der Waals surface area contributed by atoms with Gasteiger partial charge in [0, 0.05) is 17.8 Å². The molecule has 1 aliphatic carbocycles. The third-order valence-corrected chi connectivity index (χ3v) is 4.93. The summed E-state index contributed by atoms with van der Waals surface area (Å²) < 4.78 is 24.8. The van der Waals surface area contributed by atoms with Crippen molar-refractivity contribution in [2.45, 2.75) is 32.1 Å².